The van der Waals surface area contributed by atoms with Crippen LogP contribution in [0.3, 0.4) is 0 Å². The van der Waals surface area contributed by atoms with Gasteiger partial charge in [0.15, 0.2) is 0 Å². The Hall–Kier alpha value is -2.41. The molecule has 0 aliphatic carbocycles. The maximum Gasteiger partial charge on any atom is 0.340 e. The summed E-state index contributed by atoms with van der Waals surface area (Å²) in [6, 6.07) is 8.73. The molecular formula is C16H21N5O2. The van der Waals surface area contributed by atoms with Gasteiger partial charge in [0.2, 0.25) is 5.91 Å². The van der Waals surface area contributed by atoms with Crippen molar-refractivity contribution in [3.8, 4) is 0 Å². The quantitative estimate of drug-likeness (QED) is 0.841. The van der Waals surface area contributed by atoms with Gasteiger partial charge < -0.3 is 4.90 Å². The largest absolute Gasteiger partial charge is 0.344 e. The standard InChI is InChI=1S/C16H21N5O2/c1-20-9-12-6-4-3-5-11(12)7-13(20)10-21(2)15(22)8-14-17-16(23)19-18-14/h3-6,13H,7-10H2,1-2H3,(H2,17,18,19,23)/t13-/m0/s1. The van der Waals surface area contributed by atoms with E-state index in [1.807, 2.05) is 0 Å². The molecule has 7 heteroatoms. The van der Waals surface area contributed by atoms with E-state index < -0.39 is 0 Å². The Kier molecular flexibility index (Phi) is 4.29. The Morgan fingerprint density at radius 3 is 2.83 bits per heavy atom. The highest BCUT2D eigenvalue weighted by Crippen LogP contribution is 2.22. The third-order valence-corrected chi connectivity index (χ3v) is 4.40. The molecule has 7 nitrogen and oxygen atoms in total. The number of hydrogen-bond acceptors (Lipinski definition) is 4. The zero-order valence-corrected chi connectivity index (χ0v) is 13.4. The molecule has 2 aromatic rings. The molecule has 1 amide bonds. The third-order valence-electron chi connectivity index (χ3n) is 4.40. The fraction of sp³-hybridized carbons (Fsp3) is 0.438. The Morgan fingerprint density at radius 2 is 2.13 bits per heavy atom. The lowest BCUT2D eigenvalue weighted by Crippen LogP contribution is -2.46. The number of carbonyl (C=O) groups is 1. The monoisotopic (exact) mass is 315 g/mol. The number of benzene rings is 1. The lowest BCUT2D eigenvalue weighted by molar-refractivity contribution is -0.130. The molecule has 1 aromatic heterocycles. The van der Waals surface area contributed by atoms with Gasteiger partial charge in [-0.3, -0.25) is 14.7 Å². The summed E-state index contributed by atoms with van der Waals surface area (Å²) in [7, 11) is 3.88. The van der Waals surface area contributed by atoms with E-state index in [0.29, 0.717) is 12.4 Å². The van der Waals surface area contributed by atoms with Crippen LogP contribution in [0.1, 0.15) is 17.0 Å². The smallest absolute Gasteiger partial charge is 0.340 e. The molecule has 0 saturated heterocycles. The molecular weight excluding hydrogens is 294 g/mol. The van der Waals surface area contributed by atoms with E-state index in [1.165, 1.54) is 11.1 Å². The molecule has 122 valence electrons. The summed E-state index contributed by atoms with van der Waals surface area (Å²) in [6.07, 6.45) is 1.03. The Labute approximate surface area is 134 Å². The number of hydrogen-bond donors (Lipinski definition) is 2. The number of carbonyl (C=O) groups excluding carboxylic acids is 1. The Morgan fingerprint density at radius 1 is 1.39 bits per heavy atom. The molecule has 0 spiro atoms. The second kappa shape index (κ2) is 6.37. The highest BCUT2D eigenvalue weighted by molar-refractivity contribution is 5.77. The van der Waals surface area contributed by atoms with Crippen LogP contribution in [0.5, 0.6) is 0 Å². The van der Waals surface area contributed by atoms with Crippen molar-refractivity contribution >= 4 is 5.91 Å². The number of nitrogens with zero attached hydrogens (tertiary/aromatic N) is 3. The molecule has 0 fully saturated rings. The summed E-state index contributed by atoms with van der Waals surface area (Å²) in [5, 5.41) is 6.05. The van der Waals surface area contributed by atoms with E-state index in [9.17, 15) is 9.59 Å². The predicted molar refractivity (Wildman–Crippen MR) is 86.0 cm³/mol. The van der Waals surface area contributed by atoms with Gasteiger partial charge in [0, 0.05) is 26.2 Å². The molecule has 1 aromatic carbocycles. The van der Waals surface area contributed by atoms with Crippen molar-refractivity contribution in [1.29, 1.82) is 0 Å². The predicted octanol–water partition coefficient (Wildman–Crippen LogP) is 0.156. The molecule has 23 heavy (non-hydrogen) atoms. The number of amides is 1. The first kappa shape index (κ1) is 15.5. The number of aromatic amines is 2. The number of aromatic nitrogens is 3. The van der Waals surface area contributed by atoms with Crippen LogP contribution >= 0.6 is 0 Å². The number of rotatable bonds is 4. The van der Waals surface area contributed by atoms with E-state index in [1.54, 1.807) is 11.9 Å². The first-order valence-electron chi connectivity index (χ1n) is 7.67. The van der Waals surface area contributed by atoms with E-state index in [4.69, 9.17) is 0 Å². The molecule has 0 bridgehead atoms. The molecule has 3 rings (SSSR count). The summed E-state index contributed by atoms with van der Waals surface area (Å²) in [4.78, 5) is 29.8. The molecule has 0 unspecified atom stereocenters. The fourth-order valence-corrected chi connectivity index (χ4v) is 3.01. The van der Waals surface area contributed by atoms with Gasteiger partial charge in [-0.25, -0.2) is 9.89 Å². The van der Waals surface area contributed by atoms with E-state index in [-0.39, 0.29) is 24.1 Å². The van der Waals surface area contributed by atoms with Gasteiger partial charge in [-0.1, -0.05) is 24.3 Å². The maximum absolute atomic E-state index is 12.3. The first-order valence-corrected chi connectivity index (χ1v) is 7.67. The van der Waals surface area contributed by atoms with E-state index in [0.717, 1.165) is 13.0 Å². The topological polar surface area (TPSA) is 85.1 Å². The zero-order chi connectivity index (χ0) is 16.4. The van der Waals surface area contributed by atoms with E-state index in [2.05, 4.69) is 51.4 Å². The van der Waals surface area contributed by atoms with Gasteiger partial charge in [-0.15, -0.1) is 0 Å². The lowest BCUT2D eigenvalue weighted by atomic mass is 9.94. The summed E-state index contributed by atoms with van der Waals surface area (Å²) in [5.41, 5.74) is 2.32. The minimum absolute atomic E-state index is 0.0555. The summed E-state index contributed by atoms with van der Waals surface area (Å²) in [5.74, 6) is 0.314. The normalized spacial score (nSPS) is 17.7. The molecule has 2 heterocycles. The Balaban J connectivity index is 1.62. The average Bonchev–Trinajstić information content (AvgIpc) is 2.93. The molecule has 1 aliphatic rings. The van der Waals surface area contributed by atoms with Crippen molar-refractivity contribution in [1.82, 2.24) is 25.0 Å². The summed E-state index contributed by atoms with van der Waals surface area (Å²) in [6.45, 7) is 1.55. The average molecular weight is 315 g/mol. The molecule has 1 aliphatic heterocycles. The molecule has 2 N–H and O–H groups in total. The SMILES string of the molecule is CN(C[C@@H]1Cc2ccccc2CN1C)C(=O)Cc1n[nH]c(=O)[nH]1. The fourth-order valence-electron chi connectivity index (χ4n) is 3.01. The number of fused-ring (bicyclic) bond motifs is 1. The maximum atomic E-state index is 12.3. The second-order valence-corrected chi connectivity index (χ2v) is 6.12. The Bertz CT molecular complexity index is 751. The molecule has 0 radical (unpaired) electrons. The van der Waals surface area contributed by atoms with Crippen LogP contribution in [0, 0.1) is 0 Å². The van der Waals surface area contributed by atoms with Crippen LogP contribution in [-0.4, -0.2) is 57.6 Å². The lowest BCUT2D eigenvalue weighted by Gasteiger charge is -2.36. The summed E-state index contributed by atoms with van der Waals surface area (Å²) < 4.78 is 0. The number of nitrogens with one attached hydrogen (secondary N) is 2. The van der Waals surface area contributed by atoms with E-state index >= 15 is 0 Å². The van der Waals surface area contributed by atoms with Crippen molar-refractivity contribution < 1.29 is 4.79 Å². The van der Waals surface area contributed by atoms with Crippen LogP contribution < -0.4 is 5.69 Å². The summed E-state index contributed by atoms with van der Waals surface area (Å²) >= 11 is 0. The van der Waals surface area contributed by atoms with Crippen molar-refractivity contribution in [2.45, 2.75) is 25.4 Å². The number of likely N-dealkylation sites (N-methyl/N-ethyl adjacent to an activating group) is 2. The van der Waals surface area contributed by atoms with Gasteiger partial charge in [0.25, 0.3) is 0 Å². The second-order valence-electron chi connectivity index (χ2n) is 6.12. The van der Waals surface area contributed by atoms with Gasteiger partial charge in [0.1, 0.15) is 5.82 Å². The molecule has 0 saturated carbocycles. The van der Waals surface area contributed by atoms with Crippen LogP contribution in [0.25, 0.3) is 0 Å². The van der Waals surface area contributed by atoms with Crippen LogP contribution in [0.2, 0.25) is 0 Å². The van der Waals surface area contributed by atoms with Gasteiger partial charge in [0.05, 0.1) is 6.42 Å². The van der Waals surface area contributed by atoms with Crippen LogP contribution in [0.4, 0.5) is 0 Å². The van der Waals surface area contributed by atoms with Crippen molar-refractivity contribution in [3.63, 3.8) is 0 Å². The molecule has 1 atom stereocenters. The van der Waals surface area contributed by atoms with Crippen LogP contribution in [0.15, 0.2) is 29.1 Å². The van der Waals surface area contributed by atoms with Crippen molar-refractivity contribution in [2.75, 3.05) is 20.6 Å². The zero-order valence-electron chi connectivity index (χ0n) is 13.4. The minimum Gasteiger partial charge on any atom is -0.344 e. The van der Waals surface area contributed by atoms with Crippen LogP contribution in [-0.2, 0) is 24.2 Å². The highest BCUT2D eigenvalue weighted by atomic mass is 16.2. The van der Waals surface area contributed by atoms with Gasteiger partial charge in [-0.05, 0) is 24.6 Å². The highest BCUT2D eigenvalue weighted by Gasteiger charge is 2.25. The number of H-pyrrole nitrogens is 2. The van der Waals surface area contributed by atoms with Crippen molar-refractivity contribution in [3.05, 3.63) is 51.7 Å². The third kappa shape index (κ3) is 3.50. The minimum atomic E-state index is -0.390. The first-order chi connectivity index (χ1) is 11.0. The van der Waals surface area contributed by atoms with Gasteiger partial charge >= 0.3 is 5.69 Å². The van der Waals surface area contributed by atoms with Crippen molar-refractivity contribution in [2.24, 2.45) is 0 Å². The van der Waals surface area contributed by atoms with Gasteiger partial charge in [-0.2, -0.15) is 5.10 Å².